The van der Waals surface area contributed by atoms with Crippen LogP contribution < -0.4 is 5.32 Å². The van der Waals surface area contributed by atoms with Crippen molar-refractivity contribution in [2.75, 3.05) is 19.7 Å². The second kappa shape index (κ2) is 8.57. The van der Waals surface area contributed by atoms with Gasteiger partial charge in [0.25, 0.3) is 0 Å². The molecule has 16 heavy (non-hydrogen) atoms. The van der Waals surface area contributed by atoms with Gasteiger partial charge in [0.15, 0.2) is 0 Å². The van der Waals surface area contributed by atoms with Crippen LogP contribution in [0.4, 0.5) is 0 Å². The van der Waals surface area contributed by atoms with E-state index in [1.807, 2.05) is 0 Å². The van der Waals surface area contributed by atoms with Crippen LogP contribution in [-0.2, 0) is 9.53 Å². The van der Waals surface area contributed by atoms with Crippen molar-refractivity contribution in [3.05, 3.63) is 0 Å². The van der Waals surface area contributed by atoms with Crippen LogP contribution in [0.2, 0.25) is 0 Å². The zero-order valence-corrected chi connectivity index (χ0v) is 10.5. The summed E-state index contributed by atoms with van der Waals surface area (Å²) in [5, 5.41) is 3.22. The predicted molar refractivity (Wildman–Crippen MR) is 65.3 cm³/mol. The molecule has 0 amide bonds. The quantitative estimate of drug-likeness (QED) is 0.536. The first kappa shape index (κ1) is 13.5. The van der Waals surface area contributed by atoms with Crippen LogP contribution in [0.1, 0.15) is 51.9 Å². The number of hydrogen-bond acceptors (Lipinski definition) is 3. The first-order valence-corrected chi connectivity index (χ1v) is 6.69. The molecule has 3 nitrogen and oxygen atoms in total. The van der Waals surface area contributed by atoms with E-state index in [0.717, 1.165) is 19.5 Å². The maximum atomic E-state index is 11.5. The highest BCUT2D eigenvalue weighted by Gasteiger charge is 2.17. The minimum absolute atomic E-state index is 0.00908. The van der Waals surface area contributed by atoms with Gasteiger partial charge in [-0.05, 0) is 31.7 Å². The fourth-order valence-electron chi connectivity index (χ4n) is 2.22. The normalized spacial score (nSPS) is 17.3. The van der Waals surface area contributed by atoms with Crippen LogP contribution >= 0.6 is 0 Å². The molecule has 0 aromatic rings. The smallest absolute Gasteiger partial charge is 0.306 e. The van der Waals surface area contributed by atoms with E-state index in [9.17, 15) is 4.79 Å². The maximum absolute atomic E-state index is 11.5. The first-order valence-electron chi connectivity index (χ1n) is 6.69. The lowest BCUT2D eigenvalue weighted by Crippen LogP contribution is -2.23. The van der Waals surface area contributed by atoms with Crippen molar-refractivity contribution in [2.24, 2.45) is 5.92 Å². The Hall–Kier alpha value is -0.570. The minimum Gasteiger partial charge on any atom is -0.464 e. The molecular formula is C13H25NO2. The van der Waals surface area contributed by atoms with Gasteiger partial charge in [-0.25, -0.2) is 0 Å². The number of ether oxygens (including phenoxy) is 1. The summed E-state index contributed by atoms with van der Waals surface area (Å²) in [5.74, 6) is 0.579. The second-order valence-corrected chi connectivity index (χ2v) is 4.68. The number of carbonyl (C=O) groups excluding carboxylic acids is 1. The highest BCUT2D eigenvalue weighted by Crippen LogP contribution is 2.26. The summed E-state index contributed by atoms with van der Waals surface area (Å²) in [6, 6.07) is 0. The first-order chi connectivity index (χ1) is 7.83. The molecule has 0 aliphatic heterocycles. The average Bonchev–Trinajstić information content (AvgIpc) is 2.30. The highest BCUT2D eigenvalue weighted by atomic mass is 16.5. The Bertz CT molecular complexity index is 188. The topological polar surface area (TPSA) is 38.3 Å². The molecule has 0 radical (unpaired) electrons. The van der Waals surface area contributed by atoms with Gasteiger partial charge in [0.1, 0.15) is 6.61 Å². The van der Waals surface area contributed by atoms with Gasteiger partial charge in [-0.3, -0.25) is 4.79 Å². The van der Waals surface area contributed by atoms with Crippen LogP contribution in [0.25, 0.3) is 0 Å². The van der Waals surface area contributed by atoms with Crippen LogP contribution in [0.5, 0.6) is 0 Å². The van der Waals surface area contributed by atoms with Crippen molar-refractivity contribution >= 4 is 5.97 Å². The molecule has 0 bridgehead atoms. The lowest BCUT2D eigenvalue weighted by atomic mass is 9.87. The summed E-state index contributed by atoms with van der Waals surface area (Å²) in [5.41, 5.74) is 0. The monoisotopic (exact) mass is 227 g/mol. The van der Waals surface area contributed by atoms with Crippen LogP contribution in [0, 0.1) is 5.92 Å². The summed E-state index contributed by atoms with van der Waals surface area (Å²) in [6.45, 7) is 4.43. The van der Waals surface area contributed by atoms with Crippen molar-refractivity contribution in [3.8, 4) is 0 Å². The van der Waals surface area contributed by atoms with Crippen molar-refractivity contribution in [1.82, 2.24) is 5.32 Å². The predicted octanol–water partition coefficient (Wildman–Crippen LogP) is 2.50. The van der Waals surface area contributed by atoms with Crippen molar-refractivity contribution in [1.29, 1.82) is 0 Å². The van der Waals surface area contributed by atoms with E-state index >= 15 is 0 Å². The zero-order chi connectivity index (χ0) is 11.6. The van der Waals surface area contributed by atoms with Crippen molar-refractivity contribution in [2.45, 2.75) is 51.9 Å². The van der Waals surface area contributed by atoms with Gasteiger partial charge in [0.05, 0.1) is 0 Å². The highest BCUT2D eigenvalue weighted by molar-refractivity contribution is 5.69. The number of rotatable bonds is 7. The van der Waals surface area contributed by atoms with E-state index in [-0.39, 0.29) is 5.97 Å². The summed E-state index contributed by atoms with van der Waals surface area (Å²) in [6.07, 6.45) is 8.09. The molecule has 1 aliphatic carbocycles. The Morgan fingerprint density at radius 2 is 2.00 bits per heavy atom. The third-order valence-corrected chi connectivity index (χ3v) is 3.15. The molecule has 1 aliphatic rings. The molecule has 3 heteroatoms. The molecule has 0 unspecified atom stereocenters. The largest absolute Gasteiger partial charge is 0.464 e. The van der Waals surface area contributed by atoms with Gasteiger partial charge in [0, 0.05) is 13.0 Å². The minimum atomic E-state index is -0.00908. The summed E-state index contributed by atoms with van der Waals surface area (Å²) in [4.78, 5) is 11.5. The number of esters is 1. The lowest BCUT2D eigenvalue weighted by Gasteiger charge is -2.20. The molecule has 0 aromatic carbocycles. The Labute approximate surface area is 98.9 Å². The molecule has 1 saturated carbocycles. The average molecular weight is 227 g/mol. The molecule has 0 saturated heterocycles. The third-order valence-electron chi connectivity index (χ3n) is 3.15. The molecule has 0 aromatic heterocycles. The van der Waals surface area contributed by atoms with E-state index < -0.39 is 0 Å². The maximum Gasteiger partial charge on any atom is 0.306 e. The van der Waals surface area contributed by atoms with E-state index in [0.29, 0.717) is 18.9 Å². The number of carbonyl (C=O) groups is 1. The van der Waals surface area contributed by atoms with Gasteiger partial charge in [-0.2, -0.15) is 0 Å². The van der Waals surface area contributed by atoms with E-state index in [1.54, 1.807) is 0 Å². The van der Waals surface area contributed by atoms with Gasteiger partial charge in [-0.15, -0.1) is 0 Å². The fraction of sp³-hybridized carbons (Fsp3) is 0.923. The van der Waals surface area contributed by atoms with E-state index in [2.05, 4.69) is 12.2 Å². The Morgan fingerprint density at radius 3 is 2.69 bits per heavy atom. The summed E-state index contributed by atoms with van der Waals surface area (Å²) >= 11 is 0. The molecule has 0 atom stereocenters. The molecule has 1 rings (SSSR count). The summed E-state index contributed by atoms with van der Waals surface area (Å²) < 4.78 is 5.19. The van der Waals surface area contributed by atoms with Gasteiger partial charge in [0.2, 0.25) is 0 Å². The molecule has 0 heterocycles. The Kier molecular flexibility index (Phi) is 7.23. The third kappa shape index (κ3) is 6.11. The van der Waals surface area contributed by atoms with Crippen LogP contribution in [-0.4, -0.2) is 25.7 Å². The second-order valence-electron chi connectivity index (χ2n) is 4.68. The summed E-state index contributed by atoms with van der Waals surface area (Å²) in [7, 11) is 0. The van der Waals surface area contributed by atoms with Crippen molar-refractivity contribution in [3.63, 3.8) is 0 Å². The van der Waals surface area contributed by atoms with E-state index in [1.165, 1.54) is 32.1 Å². The standard InChI is InChI=1S/C13H25NO2/c1-2-8-14-9-10-16-13(15)11-12-6-4-3-5-7-12/h12,14H,2-11H2,1H3. The Balaban J connectivity index is 1.97. The number of nitrogens with one attached hydrogen (secondary N) is 1. The van der Waals surface area contributed by atoms with Gasteiger partial charge in [-0.1, -0.05) is 26.2 Å². The van der Waals surface area contributed by atoms with Crippen molar-refractivity contribution < 1.29 is 9.53 Å². The molecule has 1 fully saturated rings. The molecular weight excluding hydrogens is 202 g/mol. The van der Waals surface area contributed by atoms with Gasteiger partial charge >= 0.3 is 5.97 Å². The van der Waals surface area contributed by atoms with Crippen LogP contribution in [0.3, 0.4) is 0 Å². The SMILES string of the molecule is CCCNCCOC(=O)CC1CCCCC1. The van der Waals surface area contributed by atoms with Gasteiger partial charge < -0.3 is 10.1 Å². The Morgan fingerprint density at radius 1 is 1.25 bits per heavy atom. The van der Waals surface area contributed by atoms with E-state index in [4.69, 9.17) is 4.74 Å². The van der Waals surface area contributed by atoms with Crippen LogP contribution in [0.15, 0.2) is 0 Å². The molecule has 94 valence electrons. The fourth-order valence-corrected chi connectivity index (χ4v) is 2.22. The number of hydrogen-bond donors (Lipinski definition) is 1. The lowest BCUT2D eigenvalue weighted by molar-refractivity contribution is -0.144. The molecule has 0 spiro atoms. The molecule has 1 N–H and O–H groups in total. The zero-order valence-electron chi connectivity index (χ0n) is 10.5.